The first-order chi connectivity index (χ1) is 7.68. The molecule has 16 heavy (non-hydrogen) atoms. The van der Waals surface area contributed by atoms with Crippen molar-refractivity contribution in [1.29, 1.82) is 0 Å². The molecule has 88 valence electrons. The Bertz CT molecular complexity index is 365. The van der Waals surface area contributed by atoms with Crippen molar-refractivity contribution >= 4 is 23.5 Å². The molecule has 0 bridgehead atoms. The molecule has 2 heterocycles. The van der Waals surface area contributed by atoms with Crippen LogP contribution in [0.15, 0.2) is 6.20 Å². The molecule has 2 rings (SSSR count). The van der Waals surface area contributed by atoms with Crippen molar-refractivity contribution < 1.29 is 5.11 Å². The Morgan fingerprint density at radius 1 is 1.50 bits per heavy atom. The minimum absolute atomic E-state index is 0.417. The lowest BCUT2D eigenvalue weighted by Gasteiger charge is -2.20. The molecule has 2 atom stereocenters. The van der Waals surface area contributed by atoms with Crippen LogP contribution in [0.1, 0.15) is 35.4 Å². The van der Waals surface area contributed by atoms with Crippen molar-refractivity contribution in [3.63, 3.8) is 0 Å². The lowest BCUT2D eigenvalue weighted by Crippen LogP contribution is -2.12. The number of hydrogen-bond acceptors (Lipinski definition) is 5. The Labute approximate surface area is 104 Å². The van der Waals surface area contributed by atoms with E-state index in [9.17, 15) is 5.11 Å². The van der Waals surface area contributed by atoms with Crippen LogP contribution in [0.2, 0.25) is 0 Å². The number of rotatable bonds is 2. The minimum Gasteiger partial charge on any atom is -0.389 e. The predicted octanol–water partition coefficient (Wildman–Crippen LogP) is 2.36. The van der Waals surface area contributed by atoms with Gasteiger partial charge in [0, 0.05) is 34.7 Å². The van der Waals surface area contributed by atoms with E-state index in [0.717, 1.165) is 22.8 Å². The number of aliphatic hydroxyl groups is 1. The van der Waals surface area contributed by atoms with E-state index in [1.165, 1.54) is 11.5 Å². The molecular formula is C11H16N2OS2. The first-order valence-electron chi connectivity index (χ1n) is 5.39. The van der Waals surface area contributed by atoms with Gasteiger partial charge in [-0.3, -0.25) is 0 Å². The van der Waals surface area contributed by atoms with Crippen LogP contribution in [0, 0.1) is 6.92 Å². The maximum absolute atomic E-state index is 9.52. The summed E-state index contributed by atoms with van der Waals surface area (Å²) in [4.78, 5) is 8.89. The highest BCUT2D eigenvalue weighted by molar-refractivity contribution is 8.06. The lowest BCUT2D eigenvalue weighted by atomic mass is 10.1. The Morgan fingerprint density at radius 3 is 2.88 bits per heavy atom. The normalized spacial score (nSPS) is 23.1. The molecule has 0 spiro atoms. The van der Waals surface area contributed by atoms with E-state index < -0.39 is 6.10 Å². The van der Waals surface area contributed by atoms with Gasteiger partial charge >= 0.3 is 0 Å². The van der Waals surface area contributed by atoms with Gasteiger partial charge in [0.1, 0.15) is 5.82 Å². The number of aryl methyl sites for hydroxylation is 1. The highest BCUT2D eigenvalue weighted by Crippen LogP contribution is 2.35. The molecule has 1 aromatic rings. The van der Waals surface area contributed by atoms with Crippen LogP contribution < -0.4 is 0 Å². The Hall–Kier alpha value is -0.260. The topological polar surface area (TPSA) is 46.0 Å². The molecule has 1 N–H and O–H groups in total. The fourth-order valence-electron chi connectivity index (χ4n) is 1.70. The fourth-order valence-corrected chi connectivity index (χ4v) is 4.30. The van der Waals surface area contributed by atoms with Crippen molar-refractivity contribution in [1.82, 2.24) is 9.97 Å². The van der Waals surface area contributed by atoms with Gasteiger partial charge in [0.2, 0.25) is 0 Å². The Morgan fingerprint density at radius 2 is 2.31 bits per heavy atom. The molecule has 1 unspecified atom stereocenters. The molecule has 0 radical (unpaired) electrons. The molecule has 1 aromatic heterocycles. The molecule has 0 aromatic carbocycles. The number of thioether (sulfide) groups is 2. The van der Waals surface area contributed by atoms with Crippen LogP contribution in [0.25, 0.3) is 0 Å². The van der Waals surface area contributed by atoms with Crippen LogP contribution in [0.4, 0.5) is 0 Å². The number of hydrogen-bond donors (Lipinski definition) is 1. The predicted molar refractivity (Wildman–Crippen MR) is 69.9 cm³/mol. The maximum atomic E-state index is 9.52. The number of aliphatic hydroxyl groups excluding tert-OH is 1. The van der Waals surface area contributed by atoms with Crippen molar-refractivity contribution in [3.05, 3.63) is 23.3 Å². The van der Waals surface area contributed by atoms with Gasteiger partial charge in [0.15, 0.2) is 0 Å². The van der Waals surface area contributed by atoms with Gasteiger partial charge in [-0.05, 0) is 13.8 Å². The summed E-state index contributed by atoms with van der Waals surface area (Å²) >= 11 is 3.89. The van der Waals surface area contributed by atoms with Crippen molar-refractivity contribution in [2.75, 3.05) is 17.3 Å². The molecule has 0 aliphatic carbocycles. The average molecular weight is 256 g/mol. The van der Waals surface area contributed by atoms with Crippen LogP contribution in [0.3, 0.4) is 0 Å². The molecule has 3 nitrogen and oxygen atoms in total. The smallest absolute Gasteiger partial charge is 0.142 e. The minimum atomic E-state index is -0.484. The van der Waals surface area contributed by atoms with E-state index in [2.05, 4.69) is 9.97 Å². The molecule has 1 aliphatic rings. The van der Waals surface area contributed by atoms with Gasteiger partial charge in [-0.25, -0.2) is 9.97 Å². The summed E-state index contributed by atoms with van der Waals surface area (Å²) in [6.07, 6.45) is 1.28. The first-order valence-corrected chi connectivity index (χ1v) is 7.59. The van der Waals surface area contributed by atoms with Crippen LogP contribution in [0.5, 0.6) is 0 Å². The highest BCUT2D eigenvalue weighted by atomic mass is 32.2. The Balaban J connectivity index is 2.19. The van der Waals surface area contributed by atoms with Gasteiger partial charge in [-0.2, -0.15) is 11.8 Å². The fraction of sp³-hybridized carbons (Fsp3) is 0.636. The number of nitrogens with zero attached hydrogens (tertiary/aromatic N) is 2. The van der Waals surface area contributed by atoms with Crippen molar-refractivity contribution in [3.8, 4) is 0 Å². The summed E-state index contributed by atoms with van der Waals surface area (Å²) in [5.74, 6) is 4.42. The van der Waals surface area contributed by atoms with E-state index >= 15 is 0 Å². The SMILES string of the molecule is Cc1nc(C2CSCCS2)ncc1[C@H](C)O. The molecule has 0 amide bonds. The largest absolute Gasteiger partial charge is 0.389 e. The first kappa shape index (κ1) is 12.2. The zero-order valence-electron chi connectivity index (χ0n) is 9.51. The molecule has 1 saturated heterocycles. The van der Waals surface area contributed by atoms with Crippen molar-refractivity contribution in [2.24, 2.45) is 0 Å². The molecular weight excluding hydrogens is 240 g/mol. The quantitative estimate of drug-likeness (QED) is 0.880. The average Bonchev–Trinajstić information content (AvgIpc) is 2.29. The summed E-state index contributed by atoms with van der Waals surface area (Å²) in [6, 6.07) is 0. The second-order valence-corrected chi connectivity index (χ2v) is 6.34. The third-order valence-electron chi connectivity index (χ3n) is 2.59. The lowest BCUT2D eigenvalue weighted by molar-refractivity contribution is 0.197. The monoisotopic (exact) mass is 256 g/mol. The maximum Gasteiger partial charge on any atom is 0.142 e. The van der Waals surface area contributed by atoms with E-state index in [1.807, 2.05) is 30.4 Å². The van der Waals surface area contributed by atoms with Crippen molar-refractivity contribution in [2.45, 2.75) is 25.2 Å². The van der Waals surface area contributed by atoms with E-state index in [1.54, 1.807) is 13.1 Å². The van der Waals surface area contributed by atoms with E-state index in [-0.39, 0.29) is 0 Å². The van der Waals surface area contributed by atoms with Gasteiger partial charge in [0.25, 0.3) is 0 Å². The third-order valence-corrected chi connectivity index (χ3v) is 5.34. The van der Waals surface area contributed by atoms with E-state index in [4.69, 9.17) is 0 Å². The molecule has 0 saturated carbocycles. The highest BCUT2D eigenvalue weighted by Gasteiger charge is 2.20. The molecule has 1 fully saturated rings. The summed E-state index contributed by atoms with van der Waals surface area (Å²) in [5.41, 5.74) is 1.73. The number of aromatic nitrogens is 2. The van der Waals surface area contributed by atoms with Crippen LogP contribution in [-0.2, 0) is 0 Å². The van der Waals surface area contributed by atoms with Gasteiger partial charge in [-0.15, -0.1) is 11.8 Å². The van der Waals surface area contributed by atoms with E-state index in [0.29, 0.717) is 5.25 Å². The van der Waals surface area contributed by atoms with Crippen LogP contribution in [-0.4, -0.2) is 32.3 Å². The summed E-state index contributed by atoms with van der Waals surface area (Å²) in [7, 11) is 0. The third kappa shape index (κ3) is 2.70. The molecule has 1 aliphatic heterocycles. The van der Waals surface area contributed by atoms with Crippen LogP contribution >= 0.6 is 23.5 Å². The zero-order chi connectivity index (χ0) is 11.5. The standard InChI is InChI=1S/C11H16N2OS2/c1-7-9(8(2)14)5-12-11(13-7)10-6-15-3-4-16-10/h5,8,10,14H,3-4,6H2,1-2H3/t8-,10?/m0/s1. The van der Waals surface area contributed by atoms with Gasteiger partial charge < -0.3 is 5.11 Å². The van der Waals surface area contributed by atoms with Gasteiger partial charge in [0.05, 0.1) is 11.4 Å². The second kappa shape index (κ2) is 5.38. The van der Waals surface area contributed by atoms with Gasteiger partial charge in [-0.1, -0.05) is 0 Å². The summed E-state index contributed by atoms with van der Waals surface area (Å²) < 4.78 is 0. The summed E-state index contributed by atoms with van der Waals surface area (Å²) in [5, 5.41) is 9.93. The molecule has 5 heteroatoms. The zero-order valence-corrected chi connectivity index (χ0v) is 11.1. The Kier molecular flexibility index (Phi) is 4.10. The second-order valence-electron chi connectivity index (χ2n) is 3.88. The summed E-state index contributed by atoms with van der Waals surface area (Å²) in [6.45, 7) is 3.68.